The van der Waals surface area contributed by atoms with Gasteiger partial charge in [-0.3, -0.25) is 9.59 Å². The number of aliphatic hydroxyl groups excluding tert-OH is 2. The van der Waals surface area contributed by atoms with Gasteiger partial charge in [-0.25, -0.2) is 0 Å². The Balaban J connectivity index is 3.36. The van der Waals surface area contributed by atoms with Crippen LogP contribution in [0.5, 0.6) is 0 Å². The van der Waals surface area contributed by atoms with Gasteiger partial charge in [0.25, 0.3) is 0 Å². The highest BCUT2D eigenvalue weighted by atomic mass is 16.5. The minimum atomic E-state index is -0.663. The molecule has 0 rings (SSSR count). The Hall–Kier alpha value is -2.18. The summed E-state index contributed by atoms with van der Waals surface area (Å²) in [7, 11) is 0. The SMILES string of the molecule is CCCCCC/C=C\C/C=C\CCCCCCCC(=O)OCCCCCCCCCCCCCCCCC/C=C\C/C=C\CCCCCCCCCCCCCCCCCCCC(=O)NC(CO)C(O)CCCCCCCCCCCCCCCCCCCCC. The van der Waals surface area contributed by atoms with Crippen molar-refractivity contribution < 1.29 is 24.5 Å². The number of hydrogen-bond donors (Lipinski definition) is 3. The highest BCUT2D eigenvalue weighted by molar-refractivity contribution is 5.76. The fraction of sp³-hybridized carbons (Fsp3) is 0.882. The first kappa shape index (κ1) is 88.8. The van der Waals surface area contributed by atoms with Crippen LogP contribution in [0.1, 0.15) is 457 Å². The Morgan fingerprint density at radius 1 is 0.308 bits per heavy atom. The van der Waals surface area contributed by atoms with Gasteiger partial charge >= 0.3 is 5.97 Å². The van der Waals surface area contributed by atoms with Gasteiger partial charge in [0.2, 0.25) is 5.91 Å². The van der Waals surface area contributed by atoms with Gasteiger partial charge in [-0.15, -0.1) is 0 Å². The van der Waals surface area contributed by atoms with Crippen molar-refractivity contribution in [1.82, 2.24) is 5.32 Å². The first-order chi connectivity index (χ1) is 45.0. The van der Waals surface area contributed by atoms with Crippen LogP contribution in [0, 0.1) is 0 Å². The molecule has 0 saturated carbocycles. The molecule has 536 valence electrons. The van der Waals surface area contributed by atoms with Crippen molar-refractivity contribution in [2.45, 2.75) is 469 Å². The van der Waals surface area contributed by atoms with Crippen molar-refractivity contribution in [3.63, 3.8) is 0 Å². The van der Waals surface area contributed by atoms with Crippen molar-refractivity contribution in [3.8, 4) is 0 Å². The lowest BCUT2D eigenvalue weighted by atomic mass is 10.0. The van der Waals surface area contributed by atoms with Crippen molar-refractivity contribution in [3.05, 3.63) is 48.6 Å². The molecule has 3 N–H and O–H groups in total. The maximum absolute atomic E-state index is 12.6. The molecule has 0 aromatic rings. The minimum Gasteiger partial charge on any atom is -0.466 e. The molecule has 6 heteroatoms. The van der Waals surface area contributed by atoms with Crippen molar-refractivity contribution in [2.75, 3.05) is 13.2 Å². The molecule has 0 aromatic heterocycles. The van der Waals surface area contributed by atoms with E-state index >= 15 is 0 Å². The van der Waals surface area contributed by atoms with Crippen LogP contribution in [0.3, 0.4) is 0 Å². The molecular formula is C85H161NO5. The third kappa shape index (κ3) is 76.7. The Kier molecular flexibility index (Phi) is 78.3. The van der Waals surface area contributed by atoms with E-state index in [1.54, 1.807) is 0 Å². The van der Waals surface area contributed by atoms with Crippen LogP contribution in [0.2, 0.25) is 0 Å². The summed E-state index contributed by atoms with van der Waals surface area (Å²) in [6.07, 6.45) is 107. The molecule has 0 radical (unpaired) electrons. The summed E-state index contributed by atoms with van der Waals surface area (Å²) in [4.78, 5) is 24.6. The molecule has 0 aliphatic heterocycles. The molecule has 0 aliphatic carbocycles. The Labute approximate surface area is 569 Å². The maximum Gasteiger partial charge on any atom is 0.305 e. The topological polar surface area (TPSA) is 95.9 Å². The van der Waals surface area contributed by atoms with Gasteiger partial charge in [-0.1, -0.05) is 403 Å². The Morgan fingerprint density at radius 3 is 0.846 bits per heavy atom. The molecule has 0 fully saturated rings. The summed E-state index contributed by atoms with van der Waals surface area (Å²) in [5.41, 5.74) is 0. The van der Waals surface area contributed by atoms with E-state index in [1.165, 1.54) is 366 Å². The van der Waals surface area contributed by atoms with Gasteiger partial charge in [0.15, 0.2) is 0 Å². The highest BCUT2D eigenvalue weighted by Gasteiger charge is 2.20. The summed E-state index contributed by atoms with van der Waals surface area (Å²) in [6.45, 7) is 4.97. The average Bonchev–Trinajstić information content (AvgIpc) is 3.74. The molecule has 0 aliphatic rings. The summed E-state index contributed by atoms with van der Waals surface area (Å²) >= 11 is 0. The molecule has 2 atom stereocenters. The fourth-order valence-electron chi connectivity index (χ4n) is 13.1. The molecule has 0 heterocycles. The quantitative estimate of drug-likeness (QED) is 0.0320. The lowest BCUT2D eigenvalue weighted by molar-refractivity contribution is -0.143. The molecule has 1 amide bonds. The summed E-state index contributed by atoms with van der Waals surface area (Å²) in [5.74, 6) is -0.0202. The first-order valence-corrected chi connectivity index (χ1v) is 41.4. The van der Waals surface area contributed by atoms with E-state index in [4.69, 9.17) is 4.74 Å². The monoisotopic (exact) mass is 1280 g/mol. The maximum atomic E-state index is 12.6. The second-order valence-electron chi connectivity index (χ2n) is 28.5. The number of rotatable bonds is 78. The van der Waals surface area contributed by atoms with Crippen LogP contribution in [0.4, 0.5) is 0 Å². The lowest BCUT2D eigenvalue weighted by Gasteiger charge is -2.22. The molecule has 0 spiro atoms. The predicted molar refractivity (Wildman–Crippen MR) is 402 cm³/mol. The third-order valence-corrected chi connectivity index (χ3v) is 19.4. The van der Waals surface area contributed by atoms with E-state index in [2.05, 4.69) is 67.8 Å². The number of aliphatic hydroxyl groups is 2. The number of allylic oxidation sites excluding steroid dienone is 8. The standard InChI is InChI=1S/C85H161NO5/c1-3-5-7-9-11-13-15-17-19-21-43-46-49-53-57-61-65-69-73-77-83(88)82(81-87)86-84(89)78-74-70-66-62-58-54-50-47-44-41-39-37-35-33-31-29-27-25-23-22-24-26-28-30-32-34-36-38-40-42-45-48-52-56-60-64-68-72-76-80-91-85(90)79-75-71-67-63-59-55-51-20-18-16-14-12-10-8-6-4-2/h14,16,20,22-23,26,28,51,82-83,87-88H,3-13,15,17-19,21,24-25,27,29-50,52-81H2,1-2H3,(H,86,89)/b16-14-,23-22-,28-26-,51-20-. The second kappa shape index (κ2) is 80.3. The lowest BCUT2D eigenvalue weighted by Crippen LogP contribution is -2.45. The molecule has 0 saturated heterocycles. The van der Waals surface area contributed by atoms with Crippen molar-refractivity contribution >= 4 is 11.9 Å². The number of carbonyl (C=O) groups excluding carboxylic acids is 2. The average molecular weight is 1280 g/mol. The minimum absolute atomic E-state index is 0.00729. The Bertz CT molecular complexity index is 1520. The Morgan fingerprint density at radius 2 is 0.549 bits per heavy atom. The number of ether oxygens (including phenoxy) is 1. The number of nitrogens with one attached hydrogen (secondary N) is 1. The van der Waals surface area contributed by atoms with Gasteiger partial charge in [0, 0.05) is 12.8 Å². The number of amides is 1. The van der Waals surface area contributed by atoms with Crippen LogP contribution in [0.25, 0.3) is 0 Å². The highest BCUT2D eigenvalue weighted by Crippen LogP contribution is 2.20. The number of esters is 1. The van der Waals surface area contributed by atoms with Crippen LogP contribution >= 0.6 is 0 Å². The van der Waals surface area contributed by atoms with Crippen LogP contribution in [0.15, 0.2) is 48.6 Å². The predicted octanol–water partition coefficient (Wildman–Crippen LogP) is 27.5. The normalized spacial score (nSPS) is 12.7. The second-order valence-corrected chi connectivity index (χ2v) is 28.5. The molecule has 0 bridgehead atoms. The van der Waals surface area contributed by atoms with Gasteiger partial charge in [-0.2, -0.15) is 0 Å². The largest absolute Gasteiger partial charge is 0.466 e. The van der Waals surface area contributed by atoms with Gasteiger partial charge in [0.1, 0.15) is 0 Å². The van der Waals surface area contributed by atoms with E-state index < -0.39 is 12.1 Å². The van der Waals surface area contributed by atoms with E-state index in [1.807, 2.05) is 0 Å². The van der Waals surface area contributed by atoms with Crippen LogP contribution in [-0.2, 0) is 14.3 Å². The van der Waals surface area contributed by atoms with E-state index in [-0.39, 0.29) is 18.5 Å². The van der Waals surface area contributed by atoms with Gasteiger partial charge in [-0.05, 0) is 89.9 Å². The van der Waals surface area contributed by atoms with E-state index in [0.717, 1.165) is 57.8 Å². The summed E-state index contributed by atoms with van der Waals surface area (Å²) < 4.78 is 5.50. The number of carbonyl (C=O) groups is 2. The smallest absolute Gasteiger partial charge is 0.305 e. The molecular weight excluding hydrogens is 1110 g/mol. The summed E-state index contributed by atoms with van der Waals surface area (Å²) in [6, 6.07) is -0.540. The van der Waals surface area contributed by atoms with Gasteiger partial charge in [0.05, 0.1) is 25.4 Å². The molecule has 0 aromatic carbocycles. The zero-order valence-corrected chi connectivity index (χ0v) is 61.6. The van der Waals surface area contributed by atoms with Gasteiger partial charge < -0.3 is 20.3 Å². The summed E-state index contributed by atoms with van der Waals surface area (Å²) in [5, 5.41) is 23.4. The third-order valence-electron chi connectivity index (χ3n) is 19.4. The fourth-order valence-corrected chi connectivity index (χ4v) is 13.1. The zero-order chi connectivity index (χ0) is 65.6. The molecule has 91 heavy (non-hydrogen) atoms. The van der Waals surface area contributed by atoms with Crippen LogP contribution < -0.4 is 5.32 Å². The van der Waals surface area contributed by atoms with Crippen molar-refractivity contribution in [2.24, 2.45) is 0 Å². The molecule has 2 unspecified atom stereocenters. The van der Waals surface area contributed by atoms with E-state index in [0.29, 0.717) is 25.9 Å². The van der Waals surface area contributed by atoms with Crippen LogP contribution in [-0.4, -0.2) is 47.4 Å². The first-order valence-electron chi connectivity index (χ1n) is 41.4. The number of hydrogen-bond acceptors (Lipinski definition) is 5. The van der Waals surface area contributed by atoms with Crippen molar-refractivity contribution in [1.29, 1.82) is 0 Å². The van der Waals surface area contributed by atoms with E-state index in [9.17, 15) is 19.8 Å². The number of unbranched alkanes of at least 4 members (excludes halogenated alkanes) is 59. The zero-order valence-electron chi connectivity index (χ0n) is 61.6. The molecule has 6 nitrogen and oxygen atoms in total.